The molecule has 7 nitrogen and oxygen atoms in total. The van der Waals surface area contributed by atoms with Crippen molar-refractivity contribution in [3.63, 3.8) is 0 Å². The highest BCUT2D eigenvalue weighted by Crippen LogP contribution is 2.40. The van der Waals surface area contributed by atoms with E-state index in [4.69, 9.17) is 23.7 Å². The predicted molar refractivity (Wildman–Crippen MR) is 152 cm³/mol. The molecule has 8 atom stereocenters. The van der Waals surface area contributed by atoms with Crippen LogP contribution in [0.15, 0.2) is 24.3 Å². The number of carbonyl (C=O) groups is 1. The second kappa shape index (κ2) is 18.2. The second-order valence-corrected chi connectivity index (χ2v) is 11.6. The van der Waals surface area contributed by atoms with Crippen LogP contribution in [0, 0.1) is 17.8 Å². The minimum Gasteiger partial charge on any atom is -0.469 e. The third-order valence-corrected chi connectivity index (χ3v) is 8.45. The van der Waals surface area contributed by atoms with Crippen LogP contribution in [0.5, 0.6) is 0 Å². The lowest BCUT2D eigenvalue weighted by Gasteiger charge is -2.31. The molecule has 7 heteroatoms. The van der Waals surface area contributed by atoms with Crippen LogP contribution in [0.2, 0.25) is 0 Å². The van der Waals surface area contributed by atoms with E-state index in [0.717, 1.165) is 77.4 Å². The number of hydrogen-bond acceptors (Lipinski definition) is 7. The van der Waals surface area contributed by atoms with Crippen LogP contribution in [0.4, 0.5) is 0 Å². The van der Waals surface area contributed by atoms with Gasteiger partial charge in [0.1, 0.15) is 0 Å². The molecule has 1 saturated carbocycles. The van der Waals surface area contributed by atoms with E-state index in [-0.39, 0.29) is 42.6 Å². The summed E-state index contributed by atoms with van der Waals surface area (Å²) < 4.78 is 29.6. The first-order valence-corrected chi connectivity index (χ1v) is 15.6. The lowest BCUT2D eigenvalue weighted by atomic mass is 9.88. The lowest BCUT2D eigenvalue weighted by Crippen LogP contribution is -2.32. The van der Waals surface area contributed by atoms with Crippen LogP contribution in [-0.4, -0.2) is 62.3 Å². The fourth-order valence-corrected chi connectivity index (χ4v) is 5.97. The Morgan fingerprint density at radius 1 is 1.05 bits per heavy atom. The van der Waals surface area contributed by atoms with Gasteiger partial charge < -0.3 is 28.8 Å². The first-order chi connectivity index (χ1) is 19.0. The van der Waals surface area contributed by atoms with Gasteiger partial charge in [-0.25, -0.2) is 0 Å². The van der Waals surface area contributed by atoms with Gasteiger partial charge in [-0.1, -0.05) is 51.0 Å². The zero-order valence-electron chi connectivity index (χ0n) is 24.6. The van der Waals surface area contributed by atoms with Gasteiger partial charge in [-0.2, -0.15) is 0 Å². The summed E-state index contributed by atoms with van der Waals surface area (Å²) in [6.45, 7) is 6.01. The van der Waals surface area contributed by atoms with Gasteiger partial charge in [0.2, 0.25) is 0 Å². The standard InChI is InChI=1S/C32H54O7/c1-4-5-14-24(2)28(38-31-17-10-12-21-36-31)20-19-26-25(15-8-6-7-9-16-30(34)35-3)27(33)23-29(26)39-32-18-11-13-22-37-32/h6,8,19-20,24-29,31-33H,4-5,7,9-18,21-23H2,1-3H3/b8-6-,20-19+/t24-,25+,26+,27-,28+,29+,31?,32?/m0/s1. The normalized spacial score (nSPS) is 31.6. The van der Waals surface area contributed by atoms with Crippen molar-refractivity contribution < 1.29 is 33.6 Å². The minimum atomic E-state index is -0.438. The molecule has 2 saturated heterocycles. The number of allylic oxidation sites excluding steroid dienone is 2. The zero-order chi connectivity index (χ0) is 27.9. The molecule has 0 amide bonds. The Balaban J connectivity index is 1.69. The summed E-state index contributed by atoms with van der Waals surface area (Å²) in [6, 6.07) is 0. The van der Waals surface area contributed by atoms with E-state index < -0.39 is 6.10 Å². The molecule has 3 aliphatic rings. The Labute approximate surface area is 236 Å². The van der Waals surface area contributed by atoms with Crippen molar-refractivity contribution >= 4 is 5.97 Å². The van der Waals surface area contributed by atoms with Crippen molar-refractivity contribution in [1.82, 2.24) is 0 Å². The summed E-state index contributed by atoms with van der Waals surface area (Å²) in [7, 11) is 1.42. The van der Waals surface area contributed by atoms with Crippen LogP contribution < -0.4 is 0 Å². The molecule has 39 heavy (non-hydrogen) atoms. The Kier molecular flexibility index (Phi) is 15.1. The molecular formula is C32H54O7. The van der Waals surface area contributed by atoms with Gasteiger partial charge in [-0.3, -0.25) is 4.79 Å². The largest absolute Gasteiger partial charge is 0.469 e. The third kappa shape index (κ3) is 11.3. The van der Waals surface area contributed by atoms with Crippen molar-refractivity contribution in [2.24, 2.45) is 17.8 Å². The second-order valence-electron chi connectivity index (χ2n) is 11.6. The number of carbonyl (C=O) groups excluding carboxylic acids is 1. The van der Waals surface area contributed by atoms with Crippen molar-refractivity contribution in [2.75, 3.05) is 20.3 Å². The predicted octanol–water partition coefficient (Wildman–Crippen LogP) is 6.48. The van der Waals surface area contributed by atoms with Crippen molar-refractivity contribution in [1.29, 1.82) is 0 Å². The Morgan fingerprint density at radius 3 is 2.46 bits per heavy atom. The molecule has 0 radical (unpaired) electrons. The number of aliphatic hydroxyl groups excluding tert-OH is 1. The molecule has 3 rings (SSSR count). The van der Waals surface area contributed by atoms with Gasteiger partial charge in [-0.15, -0.1) is 0 Å². The van der Waals surface area contributed by atoms with Gasteiger partial charge >= 0.3 is 5.97 Å². The van der Waals surface area contributed by atoms with Crippen LogP contribution in [0.25, 0.3) is 0 Å². The first kappa shape index (κ1) is 32.3. The fourth-order valence-electron chi connectivity index (χ4n) is 5.97. The summed E-state index contributed by atoms with van der Waals surface area (Å²) in [5.41, 5.74) is 0. The zero-order valence-corrected chi connectivity index (χ0v) is 24.6. The summed E-state index contributed by atoms with van der Waals surface area (Å²) in [5, 5.41) is 11.1. The van der Waals surface area contributed by atoms with E-state index in [1.165, 1.54) is 20.0 Å². The Hall–Kier alpha value is -1.25. The van der Waals surface area contributed by atoms with Gasteiger partial charge in [-0.05, 0) is 76.0 Å². The first-order valence-electron chi connectivity index (χ1n) is 15.6. The van der Waals surface area contributed by atoms with E-state index in [1.54, 1.807) is 0 Å². The number of methoxy groups -OCH3 is 1. The molecule has 0 aromatic carbocycles. The van der Waals surface area contributed by atoms with Gasteiger partial charge in [0.25, 0.3) is 0 Å². The van der Waals surface area contributed by atoms with Gasteiger partial charge in [0, 0.05) is 32.0 Å². The highest BCUT2D eigenvalue weighted by Gasteiger charge is 2.42. The summed E-state index contributed by atoms with van der Waals surface area (Å²) in [6.07, 6.45) is 21.0. The molecule has 3 fully saturated rings. The number of esters is 1. The molecule has 2 unspecified atom stereocenters. The molecule has 1 N–H and O–H groups in total. The van der Waals surface area contributed by atoms with E-state index in [0.29, 0.717) is 18.8 Å². The van der Waals surface area contributed by atoms with Crippen molar-refractivity contribution in [2.45, 2.75) is 135 Å². The lowest BCUT2D eigenvalue weighted by molar-refractivity contribution is -0.193. The van der Waals surface area contributed by atoms with Crippen LogP contribution >= 0.6 is 0 Å². The molecule has 1 aliphatic carbocycles. The smallest absolute Gasteiger partial charge is 0.305 e. The van der Waals surface area contributed by atoms with E-state index >= 15 is 0 Å². The monoisotopic (exact) mass is 550 g/mol. The maximum atomic E-state index is 11.4. The van der Waals surface area contributed by atoms with Crippen molar-refractivity contribution in [3.05, 3.63) is 24.3 Å². The summed E-state index contributed by atoms with van der Waals surface area (Å²) >= 11 is 0. The maximum absolute atomic E-state index is 11.4. The number of aliphatic hydroxyl groups is 1. The average molecular weight is 551 g/mol. The van der Waals surface area contributed by atoms with Gasteiger partial charge in [0.15, 0.2) is 12.6 Å². The topological polar surface area (TPSA) is 83.5 Å². The molecule has 0 aromatic rings. The highest BCUT2D eigenvalue weighted by atomic mass is 16.7. The maximum Gasteiger partial charge on any atom is 0.305 e. The van der Waals surface area contributed by atoms with Crippen LogP contribution in [-0.2, 0) is 28.5 Å². The Morgan fingerprint density at radius 2 is 1.79 bits per heavy atom. The minimum absolute atomic E-state index is 0.0292. The summed E-state index contributed by atoms with van der Waals surface area (Å²) in [5.74, 6) is 0.340. The third-order valence-electron chi connectivity index (χ3n) is 8.45. The quantitative estimate of drug-likeness (QED) is 0.134. The number of ether oxygens (including phenoxy) is 5. The van der Waals surface area contributed by atoms with E-state index in [1.807, 2.05) is 0 Å². The highest BCUT2D eigenvalue weighted by molar-refractivity contribution is 5.69. The number of unbranched alkanes of at least 4 members (excludes halogenated alkanes) is 2. The molecule has 0 aromatic heterocycles. The van der Waals surface area contributed by atoms with Crippen molar-refractivity contribution in [3.8, 4) is 0 Å². The molecule has 0 spiro atoms. The molecule has 224 valence electrons. The SMILES string of the molecule is CCCC[C@H](C)[C@@H](/C=C/[C@@H]1[C@@H](C/C=C\CCCC(=O)OC)[C@@H](O)C[C@H]1OC1CCCCO1)OC1CCCCO1. The summed E-state index contributed by atoms with van der Waals surface area (Å²) in [4.78, 5) is 11.4. The fraction of sp³-hybridized carbons (Fsp3) is 0.844. The Bertz CT molecular complexity index is 726. The molecular weight excluding hydrogens is 496 g/mol. The van der Waals surface area contributed by atoms with E-state index in [2.05, 4.69) is 38.2 Å². The molecule has 2 aliphatic heterocycles. The number of hydrogen-bond donors (Lipinski definition) is 1. The average Bonchev–Trinajstić information content (AvgIpc) is 3.25. The van der Waals surface area contributed by atoms with Crippen LogP contribution in [0.3, 0.4) is 0 Å². The molecule has 2 heterocycles. The number of rotatable bonds is 16. The van der Waals surface area contributed by atoms with E-state index in [9.17, 15) is 9.90 Å². The van der Waals surface area contributed by atoms with Crippen LogP contribution in [0.1, 0.15) is 104 Å². The molecule has 0 bridgehead atoms. The van der Waals surface area contributed by atoms with Gasteiger partial charge in [0.05, 0.1) is 25.4 Å².